The van der Waals surface area contributed by atoms with Crippen molar-refractivity contribution in [3.05, 3.63) is 9.46 Å². The number of hydrogen-bond acceptors (Lipinski definition) is 5. The minimum Gasteiger partial charge on any atom is -0.479 e. The fraction of sp³-hybridized carbons (Fsp3) is 0.750. The lowest BCUT2D eigenvalue weighted by Gasteiger charge is -2.30. The summed E-state index contributed by atoms with van der Waals surface area (Å²) in [7, 11) is 2.13. The van der Waals surface area contributed by atoms with Crippen molar-refractivity contribution >= 4 is 28.8 Å². The lowest BCUT2D eigenvalue weighted by atomic mass is 10.4. The second-order valence-corrected chi connectivity index (χ2v) is 5.58. The molecule has 1 aliphatic rings. The molecule has 0 radical (unpaired) electrons. The molecule has 0 aromatic carbocycles. The van der Waals surface area contributed by atoms with Crippen LogP contribution in [0.2, 0.25) is 0 Å². The van der Waals surface area contributed by atoms with Crippen LogP contribution < -0.4 is 5.73 Å². The maximum Gasteiger partial charge on any atom is 0.199 e. The number of rotatable bonds is 6. The second-order valence-electron chi connectivity index (χ2n) is 4.42. The molecule has 6 heteroatoms. The minimum absolute atomic E-state index is 0.474. The summed E-state index contributed by atoms with van der Waals surface area (Å²) in [5.74, 6) is 0.474. The van der Waals surface area contributed by atoms with Crippen molar-refractivity contribution in [3.63, 3.8) is 0 Å². The highest BCUT2D eigenvalue weighted by Gasteiger charge is 2.11. The molecule has 0 atom stereocenters. The summed E-state index contributed by atoms with van der Waals surface area (Å²) in [6, 6.07) is 0. The first-order valence-electron chi connectivity index (χ1n) is 6.39. The third-order valence-corrected chi connectivity index (χ3v) is 3.62. The van der Waals surface area contributed by atoms with Gasteiger partial charge in [-0.2, -0.15) is 5.10 Å². The molecule has 0 aromatic heterocycles. The van der Waals surface area contributed by atoms with Gasteiger partial charge >= 0.3 is 0 Å². The standard InChI is InChI=1S/C12H23IN4O/c1-3-4-9-18-12(14)11(13)10-15-17-7-5-16(2)6-8-17/h10H,3-9,14H2,1-2H3. The van der Waals surface area contributed by atoms with E-state index in [0.29, 0.717) is 12.5 Å². The Kier molecular flexibility index (Phi) is 7.41. The van der Waals surface area contributed by atoms with Crippen molar-refractivity contribution in [2.75, 3.05) is 39.8 Å². The van der Waals surface area contributed by atoms with Crippen molar-refractivity contribution in [2.24, 2.45) is 10.8 Å². The van der Waals surface area contributed by atoms with Gasteiger partial charge in [-0.15, -0.1) is 0 Å². The fourth-order valence-electron chi connectivity index (χ4n) is 1.50. The van der Waals surface area contributed by atoms with Crippen LogP contribution in [0.5, 0.6) is 0 Å². The van der Waals surface area contributed by atoms with Crippen LogP contribution in [0.4, 0.5) is 0 Å². The molecule has 0 aromatic rings. The van der Waals surface area contributed by atoms with Gasteiger partial charge in [-0.3, -0.25) is 5.01 Å². The fourth-order valence-corrected chi connectivity index (χ4v) is 1.78. The largest absolute Gasteiger partial charge is 0.479 e. The summed E-state index contributed by atoms with van der Waals surface area (Å²) in [6.07, 6.45) is 3.92. The van der Waals surface area contributed by atoms with Crippen molar-refractivity contribution in [3.8, 4) is 0 Å². The molecule has 5 nitrogen and oxygen atoms in total. The van der Waals surface area contributed by atoms with Crippen LogP contribution >= 0.6 is 22.6 Å². The Bertz CT molecular complexity index is 298. The monoisotopic (exact) mass is 366 g/mol. The van der Waals surface area contributed by atoms with Gasteiger partial charge in [-0.1, -0.05) is 13.3 Å². The molecule has 0 aliphatic carbocycles. The van der Waals surface area contributed by atoms with Gasteiger partial charge in [0.25, 0.3) is 0 Å². The van der Waals surface area contributed by atoms with E-state index < -0.39 is 0 Å². The van der Waals surface area contributed by atoms with E-state index in [1.165, 1.54) is 0 Å². The Morgan fingerprint density at radius 3 is 2.67 bits per heavy atom. The Hall–Kier alpha value is -0.500. The second kappa shape index (κ2) is 8.58. The predicted octanol–water partition coefficient (Wildman–Crippen LogP) is 1.60. The molecule has 0 unspecified atom stereocenters. The Balaban J connectivity index is 2.37. The van der Waals surface area contributed by atoms with E-state index in [1.807, 2.05) is 0 Å². The van der Waals surface area contributed by atoms with Crippen LogP contribution in [0.1, 0.15) is 19.8 Å². The van der Waals surface area contributed by atoms with Gasteiger partial charge in [-0.05, 0) is 36.1 Å². The molecule has 2 N–H and O–H groups in total. The first kappa shape index (κ1) is 15.6. The van der Waals surface area contributed by atoms with E-state index in [4.69, 9.17) is 10.5 Å². The van der Waals surface area contributed by atoms with E-state index in [0.717, 1.165) is 42.6 Å². The van der Waals surface area contributed by atoms with Gasteiger partial charge in [0, 0.05) is 26.2 Å². The number of nitrogens with zero attached hydrogens (tertiary/aromatic N) is 3. The van der Waals surface area contributed by atoms with Gasteiger partial charge in [0.2, 0.25) is 0 Å². The van der Waals surface area contributed by atoms with Crippen LogP contribution in [0.25, 0.3) is 0 Å². The Morgan fingerprint density at radius 2 is 2.06 bits per heavy atom. The maximum atomic E-state index is 5.83. The first-order chi connectivity index (χ1) is 8.63. The number of hydrazone groups is 1. The van der Waals surface area contributed by atoms with Crippen LogP contribution in [0, 0.1) is 0 Å². The summed E-state index contributed by atoms with van der Waals surface area (Å²) in [4.78, 5) is 2.30. The molecular weight excluding hydrogens is 343 g/mol. The zero-order valence-electron chi connectivity index (χ0n) is 11.2. The normalized spacial score (nSPS) is 19.2. The summed E-state index contributed by atoms with van der Waals surface area (Å²) >= 11 is 2.16. The van der Waals surface area contributed by atoms with Gasteiger partial charge in [0.15, 0.2) is 5.88 Å². The van der Waals surface area contributed by atoms with Gasteiger partial charge < -0.3 is 15.4 Å². The molecule has 18 heavy (non-hydrogen) atoms. The minimum atomic E-state index is 0.474. The molecular formula is C12H23IN4O. The molecule has 1 heterocycles. The van der Waals surface area contributed by atoms with Crippen LogP contribution in [0.3, 0.4) is 0 Å². The summed E-state index contributed by atoms with van der Waals surface area (Å²) in [5, 5.41) is 6.49. The number of likely N-dealkylation sites (N-methyl/N-ethyl adjacent to an activating group) is 1. The zero-order valence-corrected chi connectivity index (χ0v) is 13.4. The highest BCUT2D eigenvalue weighted by atomic mass is 127. The van der Waals surface area contributed by atoms with E-state index in [1.54, 1.807) is 6.21 Å². The number of unbranched alkanes of at least 4 members (excludes halogenated alkanes) is 1. The number of hydrogen-bond donors (Lipinski definition) is 1. The molecule has 0 bridgehead atoms. The average molecular weight is 366 g/mol. The van der Waals surface area contributed by atoms with Crippen LogP contribution in [-0.2, 0) is 4.74 Å². The number of halogens is 1. The number of nitrogens with two attached hydrogens (primary N) is 1. The lowest BCUT2D eigenvalue weighted by molar-refractivity contribution is 0.159. The van der Waals surface area contributed by atoms with Crippen LogP contribution in [0.15, 0.2) is 14.6 Å². The summed E-state index contributed by atoms with van der Waals surface area (Å²) in [6.45, 7) is 6.85. The maximum absolute atomic E-state index is 5.83. The quantitative estimate of drug-likeness (QED) is 0.336. The summed E-state index contributed by atoms with van der Waals surface area (Å²) in [5.41, 5.74) is 5.83. The zero-order chi connectivity index (χ0) is 13.4. The SMILES string of the molecule is CCCCOC(N)=C(I)C=NN1CCN(C)CC1. The van der Waals surface area contributed by atoms with E-state index in [2.05, 4.69) is 51.6 Å². The van der Waals surface area contributed by atoms with Crippen molar-refractivity contribution in [2.45, 2.75) is 19.8 Å². The first-order valence-corrected chi connectivity index (χ1v) is 7.47. The molecule has 1 aliphatic heterocycles. The third-order valence-electron chi connectivity index (χ3n) is 2.80. The molecule has 0 amide bonds. The van der Waals surface area contributed by atoms with Crippen molar-refractivity contribution in [1.82, 2.24) is 9.91 Å². The smallest absolute Gasteiger partial charge is 0.199 e. The Labute approximate surface area is 123 Å². The Morgan fingerprint density at radius 1 is 1.39 bits per heavy atom. The number of piperazine rings is 1. The van der Waals surface area contributed by atoms with E-state index in [9.17, 15) is 0 Å². The van der Waals surface area contributed by atoms with E-state index >= 15 is 0 Å². The summed E-state index contributed by atoms with van der Waals surface area (Å²) < 4.78 is 6.30. The molecule has 0 spiro atoms. The predicted molar refractivity (Wildman–Crippen MR) is 83.7 cm³/mol. The highest BCUT2D eigenvalue weighted by Crippen LogP contribution is 2.09. The molecule has 1 fully saturated rings. The average Bonchev–Trinajstić information content (AvgIpc) is 2.38. The van der Waals surface area contributed by atoms with Crippen LogP contribution in [-0.4, -0.2) is 56.0 Å². The van der Waals surface area contributed by atoms with E-state index in [-0.39, 0.29) is 0 Å². The molecule has 0 saturated carbocycles. The third kappa shape index (κ3) is 5.90. The lowest BCUT2D eigenvalue weighted by Crippen LogP contribution is -2.41. The van der Waals surface area contributed by atoms with Crippen molar-refractivity contribution < 1.29 is 4.74 Å². The molecule has 104 valence electrons. The van der Waals surface area contributed by atoms with Gasteiger partial charge in [0.05, 0.1) is 16.4 Å². The van der Waals surface area contributed by atoms with Crippen molar-refractivity contribution in [1.29, 1.82) is 0 Å². The highest BCUT2D eigenvalue weighted by molar-refractivity contribution is 14.1. The topological polar surface area (TPSA) is 54.1 Å². The number of allylic oxidation sites excluding steroid dienone is 1. The number of ether oxygens (including phenoxy) is 1. The van der Waals surface area contributed by atoms with Gasteiger partial charge in [0.1, 0.15) is 0 Å². The van der Waals surface area contributed by atoms with Gasteiger partial charge in [-0.25, -0.2) is 0 Å². The molecule has 1 saturated heterocycles. The molecule has 1 rings (SSSR count).